The third kappa shape index (κ3) is 3.21. The second-order valence-electron chi connectivity index (χ2n) is 0.787. The lowest BCUT2D eigenvalue weighted by molar-refractivity contribution is 1.10. The first-order valence-electron chi connectivity index (χ1n) is 1.70. The molecule has 0 radical (unpaired) electrons. The molecule has 0 aromatic carbocycles. The number of rotatable bonds is 2. The van der Waals surface area contributed by atoms with Crippen molar-refractivity contribution in [1.82, 2.24) is 5.32 Å². The van der Waals surface area contributed by atoms with Crippen LogP contribution in [0.1, 0.15) is 0 Å². The fraction of sp³-hybridized carbons (Fsp3) is 0.250. The van der Waals surface area contributed by atoms with E-state index in [1.807, 2.05) is 7.05 Å². The standard InChI is InChI=1S/C4H8N2/c1-5-3-4-6-2/h3-4,6H,1H2,2H3/b4-3-. The van der Waals surface area contributed by atoms with Crippen molar-refractivity contribution in [1.29, 1.82) is 0 Å². The van der Waals surface area contributed by atoms with Crippen LogP contribution >= 0.6 is 0 Å². The molecule has 0 aromatic heterocycles. The van der Waals surface area contributed by atoms with E-state index in [0.29, 0.717) is 0 Å². The maximum Gasteiger partial charge on any atom is 0.0417 e. The Labute approximate surface area is 37.6 Å². The summed E-state index contributed by atoms with van der Waals surface area (Å²) >= 11 is 0. The summed E-state index contributed by atoms with van der Waals surface area (Å²) in [7, 11) is 1.81. The number of hydrogen-bond donors (Lipinski definition) is 1. The summed E-state index contributed by atoms with van der Waals surface area (Å²) in [5, 5.41) is 2.75. The fourth-order valence-electron chi connectivity index (χ4n) is 0.127. The number of hydrogen-bond acceptors (Lipinski definition) is 2. The van der Waals surface area contributed by atoms with Crippen LogP contribution in [0.15, 0.2) is 17.4 Å². The summed E-state index contributed by atoms with van der Waals surface area (Å²) in [4.78, 5) is 3.43. The minimum Gasteiger partial charge on any atom is -0.393 e. The van der Waals surface area contributed by atoms with Crippen LogP contribution in [0.5, 0.6) is 0 Å². The van der Waals surface area contributed by atoms with Gasteiger partial charge in [-0.05, 0) is 6.72 Å². The number of nitrogens with one attached hydrogen (secondary N) is 1. The second-order valence-corrected chi connectivity index (χ2v) is 0.787. The molecule has 0 heterocycles. The van der Waals surface area contributed by atoms with E-state index in [2.05, 4.69) is 17.0 Å². The molecule has 0 fully saturated rings. The van der Waals surface area contributed by atoms with Crippen molar-refractivity contribution >= 4 is 6.72 Å². The van der Waals surface area contributed by atoms with E-state index in [9.17, 15) is 0 Å². The van der Waals surface area contributed by atoms with E-state index in [1.165, 1.54) is 0 Å². The molecule has 0 amide bonds. The molecule has 2 nitrogen and oxygen atoms in total. The molecule has 0 aliphatic rings. The highest BCUT2D eigenvalue weighted by atomic mass is 14.8. The zero-order valence-electron chi connectivity index (χ0n) is 3.81. The highest BCUT2D eigenvalue weighted by molar-refractivity contribution is 5.25. The molecule has 6 heavy (non-hydrogen) atoms. The topological polar surface area (TPSA) is 24.4 Å². The summed E-state index contributed by atoms with van der Waals surface area (Å²) in [6.07, 6.45) is 3.28. The molecular formula is C4H8N2. The molecule has 0 unspecified atom stereocenters. The Morgan fingerprint density at radius 3 is 2.67 bits per heavy atom. The quantitative estimate of drug-likeness (QED) is 0.480. The Balaban J connectivity index is 2.94. The SMILES string of the molecule is C=N/C=C\NC. The van der Waals surface area contributed by atoms with Crippen LogP contribution in [0.2, 0.25) is 0 Å². The first-order valence-corrected chi connectivity index (χ1v) is 1.70. The van der Waals surface area contributed by atoms with Crippen LogP contribution in [0.4, 0.5) is 0 Å². The van der Waals surface area contributed by atoms with Gasteiger partial charge in [-0.15, -0.1) is 0 Å². The molecule has 0 aliphatic carbocycles. The molecular weight excluding hydrogens is 76.1 g/mol. The smallest absolute Gasteiger partial charge is 0.0417 e. The van der Waals surface area contributed by atoms with E-state index in [-0.39, 0.29) is 0 Å². The third-order valence-electron chi connectivity index (χ3n) is 0.347. The van der Waals surface area contributed by atoms with Crippen molar-refractivity contribution in [3.8, 4) is 0 Å². The lowest BCUT2D eigenvalue weighted by atomic mass is 10.9. The van der Waals surface area contributed by atoms with Gasteiger partial charge in [0.25, 0.3) is 0 Å². The molecule has 0 bridgehead atoms. The monoisotopic (exact) mass is 84.1 g/mol. The maximum absolute atomic E-state index is 3.43. The minimum absolute atomic E-state index is 1.58. The maximum atomic E-state index is 3.43. The van der Waals surface area contributed by atoms with E-state index in [1.54, 1.807) is 12.4 Å². The van der Waals surface area contributed by atoms with Crippen molar-refractivity contribution in [3.05, 3.63) is 12.4 Å². The van der Waals surface area contributed by atoms with Crippen LogP contribution in [0, 0.1) is 0 Å². The van der Waals surface area contributed by atoms with Gasteiger partial charge in [0.15, 0.2) is 0 Å². The summed E-state index contributed by atoms with van der Waals surface area (Å²) in [6.45, 7) is 3.22. The predicted molar refractivity (Wildman–Crippen MR) is 27.7 cm³/mol. The van der Waals surface area contributed by atoms with E-state index < -0.39 is 0 Å². The zero-order valence-corrected chi connectivity index (χ0v) is 3.81. The summed E-state index contributed by atoms with van der Waals surface area (Å²) in [6, 6.07) is 0. The highest BCUT2D eigenvalue weighted by Gasteiger charge is 1.50. The van der Waals surface area contributed by atoms with Gasteiger partial charge in [0.2, 0.25) is 0 Å². The lowest BCUT2D eigenvalue weighted by Crippen LogP contribution is -1.89. The van der Waals surface area contributed by atoms with Gasteiger partial charge in [-0.3, -0.25) is 4.99 Å². The summed E-state index contributed by atoms with van der Waals surface area (Å²) in [5.74, 6) is 0. The molecule has 34 valence electrons. The van der Waals surface area contributed by atoms with Gasteiger partial charge >= 0.3 is 0 Å². The number of aliphatic imine (C=N–C) groups is 1. The average Bonchev–Trinajstić information content (AvgIpc) is 1.61. The lowest BCUT2D eigenvalue weighted by Gasteiger charge is -1.76. The first kappa shape index (κ1) is 5.21. The van der Waals surface area contributed by atoms with Gasteiger partial charge in [0, 0.05) is 19.4 Å². The molecule has 0 aromatic rings. The van der Waals surface area contributed by atoms with Gasteiger partial charge < -0.3 is 5.32 Å². The Morgan fingerprint density at radius 1 is 1.83 bits per heavy atom. The molecule has 0 saturated carbocycles. The molecule has 0 rings (SSSR count). The Bertz CT molecular complexity index is 56.6. The normalized spacial score (nSPS) is 8.83. The van der Waals surface area contributed by atoms with Crippen LogP contribution in [-0.2, 0) is 0 Å². The van der Waals surface area contributed by atoms with Gasteiger partial charge in [0.05, 0.1) is 0 Å². The highest BCUT2D eigenvalue weighted by Crippen LogP contribution is 1.60. The number of nitrogens with zero attached hydrogens (tertiary/aromatic N) is 1. The van der Waals surface area contributed by atoms with Crippen LogP contribution in [0.25, 0.3) is 0 Å². The van der Waals surface area contributed by atoms with Gasteiger partial charge in [-0.1, -0.05) is 0 Å². The van der Waals surface area contributed by atoms with E-state index in [0.717, 1.165) is 0 Å². The van der Waals surface area contributed by atoms with Crippen molar-refractivity contribution in [3.63, 3.8) is 0 Å². The average molecular weight is 84.1 g/mol. The van der Waals surface area contributed by atoms with Gasteiger partial charge in [0.1, 0.15) is 0 Å². The Kier molecular flexibility index (Phi) is 3.66. The molecule has 0 spiro atoms. The Hall–Kier alpha value is -0.790. The van der Waals surface area contributed by atoms with E-state index >= 15 is 0 Å². The van der Waals surface area contributed by atoms with Crippen molar-refractivity contribution < 1.29 is 0 Å². The zero-order chi connectivity index (χ0) is 4.83. The first-order chi connectivity index (χ1) is 2.91. The van der Waals surface area contributed by atoms with Gasteiger partial charge in [-0.2, -0.15) is 0 Å². The van der Waals surface area contributed by atoms with E-state index in [4.69, 9.17) is 0 Å². The van der Waals surface area contributed by atoms with Crippen LogP contribution < -0.4 is 5.32 Å². The molecule has 0 aliphatic heterocycles. The van der Waals surface area contributed by atoms with Gasteiger partial charge in [-0.25, -0.2) is 0 Å². The van der Waals surface area contributed by atoms with Crippen LogP contribution in [0.3, 0.4) is 0 Å². The molecule has 2 heteroatoms. The second kappa shape index (κ2) is 4.21. The predicted octanol–water partition coefficient (Wildman–Crippen LogP) is 0.378. The fourth-order valence-corrected chi connectivity index (χ4v) is 0.127. The summed E-state index contributed by atoms with van der Waals surface area (Å²) in [5.41, 5.74) is 0. The van der Waals surface area contributed by atoms with Crippen molar-refractivity contribution in [2.75, 3.05) is 7.05 Å². The molecule has 0 saturated heterocycles. The largest absolute Gasteiger partial charge is 0.393 e. The van der Waals surface area contributed by atoms with Crippen molar-refractivity contribution in [2.24, 2.45) is 4.99 Å². The van der Waals surface area contributed by atoms with Crippen molar-refractivity contribution in [2.45, 2.75) is 0 Å². The minimum atomic E-state index is 1.58. The molecule has 0 atom stereocenters. The van der Waals surface area contributed by atoms with Crippen LogP contribution in [-0.4, -0.2) is 13.8 Å². The molecule has 1 N–H and O–H groups in total. The Morgan fingerprint density at radius 2 is 2.50 bits per heavy atom. The summed E-state index contributed by atoms with van der Waals surface area (Å²) < 4.78 is 0. The third-order valence-corrected chi connectivity index (χ3v) is 0.347.